The number of benzene rings is 1. The van der Waals surface area contributed by atoms with E-state index in [0.29, 0.717) is 12.1 Å². The summed E-state index contributed by atoms with van der Waals surface area (Å²) in [6.07, 6.45) is 1.43. The number of carboxylic acids is 1. The molecule has 6 heteroatoms. The van der Waals surface area contributed by atoms with Crippen LogP contribution in [0.1, 0.15) is 34.9 Å². The number of aromatic carboxylic acids is 1. The summed E-state index contributed by atoms with van der Waals surface area (Å²) in [4.78, 5) is 18.1. The molecule has 2 heterocycles. The number of fused-ring (bicyclic) bond motifs is 1. The second kappa shape index (κ2) is 6.04. The van der Waals surface area contributed by atoms with Crippen LogP contribution < -0.4 is 4.74 Å². The molecule has 0 amide bonds. The largest absolute Gasteiger partial charge is 0.497 e. The number of hydrogen-bond acceptors (Lipinski definition) is 4. The van der Waals surface area contributed by atoms with Crippen molar-refractivity contribution < 1.29 is 14.6 Å². The molecule has 3 rings (SSSR count). The number of thiazole rings is 1. The Morgan fingerprint density at radius 3 is 2.48 bits per heavy atom. The predicted molar refractivity (Wildman–Crippen MR) is 90.8 cm³/mol. The lowest BCUT2D eigenvalue weighted by Gasteiger charge is -2.07. The van der Waals surface area contributed by atoms with E-state index in [1.54, 1.807) is 22.8 Å². The molecule has 1 N–H and O–H groups in total. The van der Waals surface area contributed by atoms with Crippen LogP contribution in [0.3, 0.4) is 0 Å². The van der Waals surface area contributed by atoms with E-state index in [9.17, 15) is 9.90 Å². The van der Waals surface area contributed by atoms with Gasteiger partial charge in [0.05, 0.1) is 18.5 Å². The molecular weight excluding hydrogens is 312 g/mol. The Bertz CT molecular complexity index is 862. The van der Waals surface area contributed by atoms with Crippen molar-refractivity contribution in [2.45, 2.75) is 26.7 Å². The summed E-state index contributed by atoms with van der Waals surface area (Å²) in [5.41, 5.74) is 2.78. The number of nitrogens with zero attached hydrogens (tertiary/aromatic N) is 2. The zero-order valence-electron chi connectivity index (χ0n) is 13.3. The van der Waals surface area contributed by atoms with Crippen LogP contribution in [-0.4, -0.2) is 27.6 Å². The summed E-state index contributed by atoms with van der Waals surface area (Å²) in [6, 6.07) is 7.68. The third-order valence-electron chi connectivity index (χ3n) is 3.84. The Hall–Kier alpha value is -2.34. The monoisotopic (exact) mass is 330 g/mol. The first-order valence-electron chi connectivity index (χ1n) is 7.51. The predicted octanol–water partition coefficient (Wildman–Crippen LogP) is 3.89. The minimum Gasteiger partial charge on any atom is -0.497 e. The molecule has 1 aromatic carbocycles. The molecule has 0 fully saturated rings. The van der Waals surface area contributed by atoms with E-state index in [1.807, 2.05) is 31.2 Å². The quantitative estimate of drug-likeness (QED) is 0.771. The van der Waals surface area contributed by atoms with Gasteiger partial charge in [-0.15, -0.1) is 11.3 Å². The lowest BCUT2D eigenvalue weighted by molar-refractivity contribution is 0.0688. The van der Waals surface area contributed by atoms with E-state index in [4.69, 9.17) is 4.74 Å². The number of imidazole rings is 1. The second-order valence-corrected chi connectivity index (χ2v) is 6.20. The topological polar surface area (TPSA) is 63.8 Å². The van der Waals surface area contributed by atoms with Gasteiger partial charge >= 0.3 is 5.97 Å². The average Bonchev–Trinajstić information content (AvgIpc) is 3.09. The maximum atomic E-state index is 11.8. The van der Waals surface area contributed by atoms with Gasteiger partial charge in [0.25, 0.3) is 0 Å². The van der Waals surface area contributed by atoms with E-state index >= 15 is 0 Å². The van der Waals surface area contributed by atoms with Crippen LogP contribution in [0.25, 0.3) is 16.2 Å². The number of carboxylic acid groups (broad SMARTS) is 1. The number of ether oxygens (including phenoxy) is 1. The normalized spacial score (nSPS) is 11.1. The van der Waals surface area contributed by atoms with E-state index < -0.39 is 5.97 Å². The van der Waals surface area contributed by atoms with Crippen molar-refractivity contribution in [3.05, 3.63) is 40.5 Å². The Kier molecular flexibility index (Phi) is 4.09. The third kappa shape index (κ3) is 2.49. The van der Waals surface area contributed by atoms with Gasteiger partial charge in [-0.3, -0.25) is 4.40 Å². The van der Waals surface area contributed by atoms with Gasteiger partial charge in [-0.25, -0.2) is 9.78 Å². The fraction of sp³-hybridized carbons (Fsp3) is 0.294. The summed E-state index contributed by atoms with van der Waals surface area (Å²) in [5.74, 6) is -0.166. The first-order valence-corrected chi connectivity index (χ1v) is 8.33. The van der Waals surface area contributed by atoms with Crippen LogP contribution in [0.2, 0.25) is 0 Å². The van der Waals surface area contributed by atoms with Gasteiger partial charge in [-0.2, -0.15) is 0 Å². The second-order valence-electron chi connectivity index (χ2n) is 5.14. The van der Waals surface area contributed by atoms with E-state index in [1.165, 1.54) is 0 Å². The smallest absolute Gasteiger partial charge is 0.354 e. The van der Waals surface area contributed by atoms with Crippen molar-refractivity contribution in [1.82, 2.24) is 9.38 Å². The molecule has 0 aliphatic carbocycles. The summed E-state index contributed by atoms with van der Waals surface area (Å²) >= 11 is 1.55. The first-order chi connectivity index (χ1) is 11.1. The number of hydrogen-bond donors (Lipinski definition) is 1. The van der Waals surface area contributed by atoms with E-state index in [-0.39, 0.29) is 5.69 Å². The number of carbonyl (C=O) groups is 1. The van der Waals surface area contributed by atoms with Gasteiger partial charge < -0.3 is 9.84 Å². The van der Waals surface area contributed by atoms with Crippen LogP contribution in [-0.2, 0) is 12.8 Å². The van der Waals surface area contributed by atoms with Crippen LogP contribution >= 0.6 is 11.3 Å². The van der Waals surface area contributed by atoms with Gasteiger partial charge in [0.2, 0.25) is 0 Å². The van der Waals surface area contributed by atoms with Crippen LogP contribution in [0, 0.1) is 0 Å². The molecule has 0 aliphatic heterocycles. The maximum absolute atomic E-state index is 11.8. The summed E-state index contributed by atoms with van der Waals surface area (Å²) in [6.45, 7) is 3.99. The van der Waals surface area contributed by atoms with Gasteiger partial charge in [0, 0.05) is 4.88 Å². The van der Waals surface area contributed by atoms with Crippen molar-refractivity contribution in [2.24, 2.45) is 0 Å². The van der Waals surface area contributed by atoms with E-state index in [0.717, 1.165) is 33.3 Å². The highest BCUT2D eigenvalue weighted by Gasteiger charge is 2.24. The van der Waals surface area contributed by atoms with E-state index in [2.05, 4.69) is 11.9 Å². The Balaban J connectivity index is 2.32. The maximum Gasteiger partial charge on any atom is 0.354 e. The molecule has 0 radical (unpaired) electrons. The zero-order chi connectivity index (χ0) is 16.6. The van der Waals surface area contributed by atoms with Gasteiger partial charge in [0.1, 0.15) is 5.75 Å². The zero-order valence-corrected chi connectivity index (χ0v) is 14.1. The van der Waals surface area contributed by atoms with Gasteiger partial charge in [-0.1, -0.05) is 13.8 Å². The molecule has 2 aromatic heterocycles. The van der Waals surface area contributed by atoms with Crippen molar-refractivity contribution in [1.29, 1.82) is 0 Å². The Morgan fingerprint density at radius 2 is 1.96 bits per heavy atom. The fourth-order valence-electron chi connectivity index (χ4n) is 2.75. The molecule has 5 nitrogen and oxygen atoms in total. The number of aromatic nitrogens is 2. The molecule has 0 unspecified atom stereocenters. The molecule has 120 valence electrons. The lowest BCUT2D eigenvalue weighted by Crippen LogP contribution is -2.06. The molecule has 0 atom stereocenters. The molecular formula is C17H18N2O3S. The van der Waals surface area contributed by atoms with Crippen molar-refractivity contribution in [3.8, 4) is 17.0 Å². The highest BCUT2D eigenvalue weighted by Crippen LogP contribution is 2.35. The minimum absolute atomic E-state index is 0.268. The number of aryl methyl sites for hydroxylation is 2. The molecule has 0 spiro atoms. The highest BCUT2D eigenvalue weighted by molar-refractivity contribution is 7.17. The van der Waals surface area contributed by atoms with Crippen LogP contribution in [0.15, 0.2) is 24.3 Å². The Morgan fingerprint density at radius 1 is 1.26 bits per heavy atom. The summed E-state index contributed by atoms with van der Waals surface area (Å²) < 4.78 is 6.99. The standard InChI is InChI=1S/C17H18N2O3S/c1-4-12-15(16(20)21)19-14(13(5-2)23-17(19)18-12)10-6-8-11(22-3)9-7-10/h6-9H,4-5H2,1-3H3,(H,20,21). The molecule has 0 bridgehead atoms. The average molecular weight is 330 g/mol. The molecule has 3 aromatic rings. The SMILES string of the molecule is CCc1nc2sc(CC)c(-c3ccc(OC)cc3)n2c1C(=O)O. The molecule has 0 aliphatic rings. The fourth-order valence-corrected chi connectivity index (χ4v) is 3.85. The summed E-state index contributed by atoms with van der Waals surface area (Å²) in [5, 5.41) is 9.64. The highest BCUT2D eigenvalue weighted by atomic mass is 32.1. The van der Waals surface area contributed by atoms with Crippen LogP contribution in [0.5, 0.6) is 5.75 Å². The lowest BCUT2D eigenvalue weighted by atomic mass is 10.1. The van der Waals surface area contributed by atoms with Crippen molar-refractivity contribution in [2.75, 3.05) is 7.11 Å². The molecule has 23 heavy (non-hydrogen) atoms. The summed E-state index contributed by atoms with van der Waals surface area (Å²) in [7, 11) is 1.63. The van der Waals surface area contributed by atoms with Gasteiger partial charge in [0.15, 0.2) is 10.7 Å². The van der Waals surface area contributed by atoms with Crippen LogP contribution in [0.4, 0.5) is 0 Å². The third-order valence-corrected chi connectivity index (χ3v) is 5.03. The minimum atomic E-state index is -0.940. The first kappa shape index (κ1) is 15.6. The number of methoxy groups -OCH3 is 1. The molecule has 0 saturated heterocycles. The number of rotatable bonds is 5. The van der Waals surface area contributed by atoms with Crippen molar-refractivity contribution >= 4 is 22.3 Å². The van der Waals surface area contributed by atoms with Crippen molar-refractivity contribution in [3.63, 3.8) is 0 Å². The van der Waals surface area contributed by atoms with Gasteiger partial charge in [-0.05, 0) is 42.7 Å². The Labute approximate surface area is 138 Å². The molecule has 0 saturated carbocycles.